The summed E-state index contributed by atoms with van der Waals surface area (Å²) in [5.41, 5.74) is 0.595. The number of urea groups is 1. The first-order valence-corrected chi connectivity index (χ1v) is 9.34. The van der Waals surface area contributed by atoms with Crippen LogP contribution in [-0.2, 0) is 9.59 Å². The fourth-order valence-corrected chi connectivity index (χ4v) is 3.12. The summed E-state index contributed by atoms with van der Waals surface area (Å²) in [5.74, 6) is -1.80. The Labute approximate surface area is 181 Å². The first kappa shape index (κ1) is 20.6. The van der Waals surface area contributed by atoms with E-state index in [1.165, 1.54) is 37.5 Å². The normalized spacial score (nSPS) is 15.1. The van der Waals surface area contributed by atoms with E-state index in [4.69, 9.17) is 9.15 Å². The summed E-state index contributed by atoms with van der Waals surface area (Å²) in [6.07, 6.45) is 1.24. The van der Waals surface area contributed by atoms with Crippen LogP contribution in [0.5, 0.6) is 5.75 Å². The fourth-order valence-electron chi connectivity index (χ4n) is 3.12. The number of carbonyl (C=O) groups is 4. The molecule has 1 saturated heterocycles. The fraction of sp³-hybridized carbons (Fsp3) is 0.0435. The van der Waals surface area contributed by atoms with E-state index >= 15 is 0 Å². The number of hydrogen-bond acceptors (Lipinski definition) is 7. The molecule has 0 saturated carbocycles. The Balaban J connectivity index is 1.62. The van der Waals surface area contributed by atoms with Gasteiger partial charge in [-0.3, -0.25) is 14.9 Å². The lowest BCUT2D eigenvalue weighted by Crippen LogP contribution is -2.54. The van der Waals surface area contributed by atoms with Gasteiger partial charge < -0.3 is 19.1 Å². The molecule has 1 aliphatic heterocycles. The van der Waals surface area contributed by atoms with Crippen molar-refractivity contribution >= 4 is 35.6 Å². The van der Waals surface area contributed by atoms with Crippen molar-refractivity contribution in [2.75, 3.05) is 12.0 Å². The topological polar surface area (TPSA) is 129 Å². The number of furan rings is 1. The van der Waals surface area contributed by atoms with Crippen LogP contribution < -0.4 is 20.1 Å². The molecule has 1 N–H and O–H groups in total. The van der Waals surface area contributed by atoms with Crippen molar-refractivity contribution in [2.24, 2.45) is 0 Å². The molecule has 0 aliphatic carbocycles. The molecule has 0 unspecified atom stereocenters. The van der Waals surface area contributed by atoms with Gasteiger partial charge in [0.25, 0.3) is 11.8 Å². The van der Waals surface area contributed by atoms with E-state index in [0.717, 1.165) is 4.90 Å². The second-order valence-electron chi connectivity index (χ2n) is 6.72. The van der Waals surface area contributed by atoms with Crippen LogP contribution in [-0.4, -0.2) is 30.9 Å². The summed E-state index contributed by atoms with van der Waals surface area (Å²) in [5, 5.41) is 13.0. The number of methoxy groups -OCH3 is 1. The number of hydrogen-bond donors (Lipinski definition) is 1. The number of carbonyl (C=O) groups excluding carboxylic acids is 4. The summed E-state index contributed by atoms with van der Waals surface area (Å²) in [6, 6.07) is 14.3. The number of anilines is 1. The molecule has 9 nitrogen and oxygen atoms in total. The zero-order valence-electron chi connectivity index (χ0n) is 16.7. The molecule has 9 heteroatoms. The van der Waals surface area contributed by atoms with Crippen LogP contribution in [0.15, 0.2) is 70.7 Å². The van der Waals surface area contributed by atoms with Gasteiger partial charge in [0.15, 0.2) is 0 Å². The monoisotopic (exact) mass is 431 g/mol. The third-order valence-electron chi connectivity index (χ3n) is 4.75. The van der Waals surface area contributed by atoms with Gasteiger partial charge in [-0.05, 0) is 48.0 Å². The molecule has 1 fully saturated rings. The molecule has 160 valence electrons. The number of nitrogens with one attached hydrogen (secondary N) is 1. The average molecular weight is 431 g/mol. The Bertz CT molecular complexity index is 1250. The number of imide groups is 2. The van der Waals surface area contributed by atoms with Gasteiger partial charge in [0.1, 0.15) is 22.8 Å². The van der Waals surface area contributed by atoms with Crippen LogP contribution >= 0.6 is 0 Å². The first-order valence-electron chi connectivity index (χ1n) is 9.34. The van der Waals surface area contributed by atoms with E-state index in [0.29, 0.717) is 17.1 Å². The highest BCUT2D eigenvalue weighted by molar-refractivity contribution is 6.39. The van der Waals surface area contributed by atoms with Crippen molar-refractivity contribution in [3.63, 3.8) is 0 Å². The standard InChI is InChI=1S/C23H16N2O7/c1-31-16-8-6-15(7-9-16)25-21(27)18(20(26)24-23(25)30)12-17-10-11-19(32-17)13-2-4-14(5-3-13)22(28)29/h2-12H,1H3,(H,28,29)(H,24,26,30)/p-1/b18-12-. The third-order valence-corrected chi connectivity index (χ3v) is 4.75. The molecule has 32 heavy (non-hydrogen) atoms. The van der Waals surface area contributed by atoms with Crippen molar-refractivity contribution in [1.82, 2.24) is 5.32 Å². The highest BCUT2D eigenvalue weighted by Crippen LogP contribution is 2.27. The number of barbiturate groups is 1. The minimum absolute atomic E-state index is 0.0235. The lowest BCUT2D eigenvalue weighted by molar-refractivity contribution is -0.255. The molecule has 2 aromatic carbocycles. The molecular weight excluding hydrogens is 416 g/mol. The van der Waals surface area contributed by atoms with Gasteiger partial charge in [0.2, 0.25) is 0 Å². The van der Waals surface area contributed by atoms with Crippen LogP contribution in [0.4, 0.5) is 10.5 Å². The Morgan fingerprint density at radius 1 is 1.00 bits per heavy atom. The Hall–Kier alpha value is -4.66. The van der Waals surface area contributed by atoms with E-state index in [1.54, 1.807) is 36.4 Å². The average Bonchev–Trinajstić information content (AvgIpc) is 3.26. The second-order valence-corrected chi connectivity index (χ2v) is 6.72. The minimum Gasteiger partial charge on any atom is -0.545 e. The maximum atomic E-state index is 12.9. The second kappa shape index (κ2) is 8.23. The highest BCUT2D eigenvalue weighted by atomic mass is 16.5. The van der Waals surface area contributed by atoms with E-state index in [-0.39, 0.29) is 22.6 Å². The molecule has 0 atom stereocenters. The lowest BCUT2D eigenvalue weighted by atomic mass is 10.1. The van der Waals surface area contributed by atoms with Gasteiger partial charge in [0, 0.05) is 5.56 Å². The van der Waals surface area contributed by atoms with Crippen LogP contribution in [0.2, 0.25) is 0 Å². The number of ether oxygens (including phenoxy) is 1. The minimum atomic E-state index is -1.29. The van der Waals surface area contributed by atoms with Crippen LogP contribution in [0.1, 0.15) is 16.1 Å². The zero-order valence-corrected chi connectivity index (χ0v) is 16.7. The predicted octanol–water partition coefficient (Wildman–Crippen LogP) is 1.99. The number of nitrogens with zero attached hydrogens (tertiary/aromatic N) is 1. The molecular formula is C23H15N2O7-. The summed E-state index contributed by atoms with van der Waals surface area (Å²) < 4.78 is 10.7. The molecule has 4 amide bonds. The number of carboxylic acid groups (broad SMARTS) is 1. The molecule has 2 heterocycles. The van der Waals surface area contributed by atoms with Crippen molar-refractivity contribution in [3.05, 3.63) is 77.6 Å². The SMILES string of the molecule is COc1ccc(N2C(=O)NC(=O)/C(=C/c3ccc(-c4ccc(C(=O)[O-])cc4)o3)C2=O)cc1. The molecule has 0 radical (unpaired) electrons. The van der Waals surface area contributed by atoms with Crippen molar-refractivity contribution < 1.29 is 33.4 Å². The van der Waals surface area contributed by atoms with Crippen molar-refractivity contribution in [2.45, 2.75) is 0 Å². The maximum Gasteiger partial charge on any atom is 0.335 e. The number of carboxylic acids is 1. The van der Waals surface area contributed by atoms with Crippen LogP contribution in [0, 0.1) is 0 Å². The summed E-state index contributed by atoms with van der Waals surface area (Å²) in [4.78, 5) is 49.2. The molecule has 0 bridgehead atoms. The first-order chi connectivity index (χ1) is 15.4. The quantitative estimate of drug-likeness (QED) is 0.483. The van der Waals surface area contributed by atoms with Gasteiger partial charge in [-0.15, -0.1) is 0 Å². The number of rotatable bonds is 5. The summed E-state index contributed by atoms with van der Waals surface area (Å²) in [7, 11) is 1.49. The lowest BCUT2D eigenvalue weighted by Gasteiger charge is -2.26. The summed E-state index contributed by atoms with van der Waals surface area (Å²) in [6.45, 7) is 0. The van der Waals surface area contributed by atoms with Gasteiger partial charge in [-0.1, -0.05) is 24.3 Å². The largest absolute Gasteiger partial charge is 0.545 e. The molecule has 1 aromatic heterocycles. The van der Waals surface area contributed by atoms with Gasteiger partial charge in [-0.2, -0.15) is 0 Å². The van der Waals surface area contributed by atoms with E-state index < -0.39 is 23.8 Å². The van der Waals surface area contributed by atoms with E-state index in [2.05, 4.69) is 5.32 Å². The van der Waals surface area contributed by atoms with Crippen molar-refractivity contribution in [1.29, 1.82) is 0 Å². The Kier molecular flexibility index (Phi) is 5.30. The van der Waals surface area contributed by atoms with Gasteiger partial charge >= 0.3 is 6.03 Å². The van der Waals surface area contributed by atoms with Crippen LogP contribution in [0.25, 0.3) is 17.4 Å². The summed E-state index contributed by atoms with van der Waals surface area (Å²) >= 11 is 0. The van der Waals surface area contributed by atoms with E-state index in [9.17, 15) is 24.3 Å². The van der Waals surface area contributed by atoms with Crippen LogP contribution in [0.3, 0.4) is 0 Å². The Morgan fingerprint density at radius 2 is 1.69 bits per heavy atom. The Morgan fingerprint density at radius 3 is 2.31 bits per heavy atom. The smallest absolute Gasteiger partial charge is 0.335 e. The van der Waals surface area contributed by atoms with Gasteiger partial charge in [0.05, 0.1) is 18.8 Å². The third kappa shape index (κ3) is 3.86. The highest BCUT2D eigenvalue weighted by Gasteiger charge is 2.37. The molecule has 0 spiro atoms. The maximum absolute atomic E-state index is 12.9. The van der Waals surface area contributed by atoms with Crippen molar-refractivity contribution in [3.8, 4) is 17.1 Å². The van der Waals surface area contributed by atoms with E-state index in [1.807, 2.05) is 0 Å². The molecule has 3 aromatic rings. The predicted molar refractivity (Wildman–Crippen MR) is 110 cm³/mol. The molecule has 1 aliphatic rings. The van der Waals surface area contributed by atoms with Gasteiger partial charge in [-0.25, -0.2) is 9.69 Å². The number of amides is 4. The zero-order chi connectivity index (χ0) is 22.8. The molecule has 4 rings (SSSR count). The number of benzene rings is 2. The number of aromatic carboxylic acids is 1.